The molecule has 1 heterocycles. The van der Waals surface area contributed by atoms with Gasteiger partial charge in [0.2, 0.25) is 0 Å². The fourth-order valence-corrected chi connectivity index (χ4v) is 4.59. The first-order valence-corrected chi connectivity index (χ1v) is 11.5. The normalized spacial score (nSPS) is 21.5. The third-order valence-electron chi connectivity index (χ3n) is 4.87. The Bertz CT molecular complexity index is 596. The summed E-state index contributed by atoms with van der Waals surface area (Å²) < 4.78 is 43.9. The molecule has 1 aliphatic rings. The van der Waals surface area contributed by atoms with Crippen LogP contribution in [-0.4, -0.2) is 46.3 Å². The SMILES string of the molecule is CC1CN(CCCCCCC=CC[Si]c2cccc(C(F)(F)F)c2)CC(C)O1. The van der Waals surface area contributed by atoms with Crippen molar-refractivity contribution in [1.82, 2.24) is 4.90 Å². The van der Waals surface area contributed by atoms with Crippen LogP contribution >= 0.6 is 0 Å². The van der Waals surface area contributed by atoms with Crippen LogP contribution in [0.4, 0.5) is 13.2 Å². The molecule has 0 N–H and O–H groups in total. The van der Waals surface area contributed by atoms with Crippen molar-refractivity contribution >= 4 is 14.7 Å². The first-order chi connectivity index (χ1) is 13.3. The minimum absolute atomic E-state index is 0.338. The average molecular weight is 412 g/mol. The van der Waals surface area contributed by atoms with E-state index < -0.39 is 11.7 Å². The molecule has 0 aliphatic carbocycles. The number of hydrogen-bond acceptors (Lipinski definition) is 2. The molecule has 1 fully saturated rings. The van der Waals surface area contributed by atoms with E-state index in [-0.39, 0.29) is 0 Å². The number of ether oxygens (including phenoxy) is 1. The molecule has 2 nitrogen and oxygen atoms in total. The van der Waals surface area contributed by atoms with Gasteiger partial charge in [-0.05, 0) is 45.7 Å². The molecule has 28 heavy (non-hydrogen) atoms. The molecule has 1 aliphatic heterocycles. The van der Waals surface area contributed by atoms with E-state index in [0.717, 1.165) is 43.4 Å². The van der Waals surface area contributed by atoms with Gasteiger partial charge in [0, 0.05) is 13.1 Å². The number of rotatable bonds is 10. The molecule has 0 amide bonds. The average Bonchev–Trinajstić information content (AvgIpc) is 2.62. The summed E-state index contributed by atoms with van der Waals surface area (Å²) in [7, 11) is 0.387. The number of halogens is 3. The quantitative estimate of drug-likeness (QED) is 0.303. The minimum Gasteiger partial charge on any atom is -0.373 e. The van der Waals surface area contributed by atoms with Gasteiger partial charge in [-0.15, -0.1) is 0 Å². The third kappa shape index (κ3) is 8.93. The second-order valence-electron chi connectivity index (χ2n) is 7.65. The molecule has 2 atom stereocenters. The van der Waals surface area contributed by atoms with Crippen LogP contribution in [0.2, 0.25) is 6.04 Å². The lowest BCUT2D eigenvalue weighted by Gasteiger charge is -2.35. The van der Waals surface area contributed by atoms with Gasteiger partial charge in [-0.2, -0.15) is 13.2 Å². The fourth-order valence-electron chi connectivity index (χ4n) is 3.60. The Labute approximate surface area is 170 Å². The summed E-state index contributed by atoms with van der Waals surface area (Å²) in [5.74, 6) is 0. The van der Waals surface area contributed by atoms with Gasteiger partial charge in [0.1, 0.15) is 0 Å². The van der Waals surface area contributed by atoms with Crippen LogP contribution in [0.15, 0.2) is 36.4 Å². The second kappa shape index (κ2) is 11.8. The monoisotopic (exact) mass is 411 g/mol. The van der Waals surface area contributed by atoms with Crippen molar-refractivity contribution in [2.45, 2.75) is 70.4 Å². The lowest BCUT2D eigenvalue weighted by molar-refractivity contribution is -0.137. The van der Waals surface area contributed by atoms with Crippen molar-refractivity contribution < 1.29 is 17.9 Å². The molecular weight excluding hydrogens is 379 g/mol. The molecule has 2 radical (unpaired) electrons. The predicted octanol–water partition coefficient (Wildman–Crippen LogP) is 5.07. The van der Waals surface area contributed by atoms with Gasteiger partial charge in [-0.1, -0.05) is 54.4 Å². The van der Waals surface area contributed by atoms with E-state index in [1.54, 1.807) is 6.07 Å². The van der Waals surface area contributed by atoms with E-state index in [9.17, 15) is 13.2 Å². The lowest BCUT2D eigenvalue weighted by Crippen LogP contribution is -2.45. The van der Waals surface area contributed by atoms with E-state index in [4.69, 9.17) is 4.74 Å². The molecule has 0 bridgehead atoms. The topological polar surface area (TPSA) is 12.5 Å². The van der Waals surface area contributed by atoms with Crippen LogP contribution in [0, 0.1) is 0 Å². The van der Waals surface area contributed by atoms with Crippen molar-refractivity contribution in [2.75, 3.05) is 19.6 Å². The van der Waals surface area contributed by atoms with Gasteiger partial charge in [-0.25, -0.2) is 0 Å². The van der Waals surface area contributed by atoms with Gasteiger partial charge in [-0.3, -0.25) is 4.90 Å². The number of nitrogens with zero attached hydrogens (tertiary/aromatic N) is 1. The largest absolute Gasteiger partial charge is 0.416 e. The molecule has 1 saturated heterocycles. The van der Waals surface area contributed by atoms with Gasteiger partial charge in [0.05, 0.1) is 27.3 Å². The van der Waals surface area contributed by atoms with Crippen molar-refractivity contribution in [2.24, 2.45) is 0 Å². The van der Waals surface area contributed by atoms with Crippen LogP contribution in [0.25, 0.3) is 0 Å². The highest BCUT2D eigenvalue weighted by atomic mass is 28.2. The highest BCUT2D eigenvalue weighted by Crippen LogP contribution is 2.28. The highest BCUT2D eigenvalue weighted by Gasteiger charge is 2.30. The van der Waals surface area contributed by atoms with Crippen LogP contribution < -0.4 is 5.19 Å². The van der Waals surface area contributed by atoms with Crippen LogP contribution in [-0.2, 0) is 10.9 Å². The third-order valence-corrected chi connectivity index (χ3v) is 6.03. The van der Waals surface area contributed by atoms with Gasteiger partial charge in [0.15, 0.2) is 0 Å². The Morgan fingerprint density at radius 2 is 1.79 bits per heavy atom. The molecule has 1 aromatic rings. The van der Waals surface area contributed by atoms with Gasteiger partial charge >= 0.3 is 6.18 Å². The summed E-state index contributed by atoms with van der Waals surface area (Å²) in [6.45, 7) is 7.52. The van der Waals surface area contributed by atoms with Crippen molar-refractivity contribution in [3.05, 3.63) is 42.0 Å². The lowest BCUT2D eigenvalue weighted by atomic mass is 10.1. The number of benzene rings is 1. The fraction of sp³-hybridized carbons (Fsp3) is 0.636. The number of morpholine rings is 1. The Balaban J connectivity index is 1.50. The predicted molar refractivity (Wildman–Crippen MR) is 110 cm³/mol. The summed E-state index contributed by atoms with van der Waals surface area (Å²) in [6, 6.07) is 6.48. The van der Waals surface area contributed by atoms with E-state index in [0.29, 0.717) is 21.7 Å². The highest BCUT2D eigenvalue weighted by molar-refractivity contribution is 6.53. The number of hydrogen-bond donors (Lipinski definition) is 0. The molecule has 1 aromatic carbocycles. The molecule has 2 unspecified atom stereocenters. The Morgan fingerprint density at radius 3 is 2.50 bits per heavy atom. The van der Waals surface area contributed by atoms with Crippen molar-refractivity contribution in [3.63, 3.8) is 0 Å². The molecule has 0 saturated carbocycles. The maximum Gasteiger partial charge on any atom is 0.416 e. The first-order valence-electron chi connectivity index (χ1n) is 10.3. The molecular formula is C22H32F3NOSi. The maximum absolute atomic E-state index is 12.7. The first kappa shape index (κ1) is 23.2. The molecule has 0 aromatic heterocycles. The standard InChI is InChI=1S/C22H32F3NOSi/c1-18-16-26(17-19(2)27-18)13-8-6-4-3-5-7-9-14-28-21-12-10-11-20(15-21)22(23,24)25/h7,9-12,15,18-19H,3-6,8,13-14,16-17H2,1-2H3. The summed E-state index contributed by atoms with van der Waals surface area (Å²) in [4.78, 5) is 2.51. The number of unbranched alkanes of at least 4 members (excludes halogenated alkanes) is 4. The summed E-state index contributed by atoms with van der Waals surface area (Å²) >= 11 is 0. The van der Waals surface area contributed by atoms with Gasteiger partial charge < -0.3 is 4.74 Å². The van der Waals surface area contributed by atoms with E-state index in [2.05, 4.69) is 30.9 Å². The summed E-state index contributed by atoms with van der Waals surface area (Å²) in [6.07, 6.45) is 6.65. The number of alkyl halides is 3. The molecule has 6 heteroatoms. The van der Waals surface area contributed by atoms with Crippen LogP contribution in [0.1, 0.15) is 51.5 Å². The minimum atomic E-state index is -4.26. The smallest absolute Gasteiger partial charge is 0.373 e. The van der Waals surface area contributed by atoms with Crippen molar-refractivity contribution in [3.8, 4) is 0 Å². The zero-order valence-electron chi connectivity index (χ0n) is 17.0. The molecule has 156 valence electrons. The van der Waals surface area contributed by atoms with Crippen molar-refractivity contribution in [1.29, 1.82) is 0 Å². The van der Waals surface area contributed by atoms with E-state index >= 15 is 0 Å². The maximum atomic E-state index is 12.7. The Morgan fingerprint density at radius 1 is 1.07 bits per heavy atom. The molecule has 0 spiro atoms. The zero-order chi connectivity index (χ0) is 20.4. The van der Waals surface area contributed by atoms with Crippen LogP contribution in [0.3, 0.4) is 0 Å². The second-order valence-corrected chi connectivity index (χ2v) is 8.99. The van der Waals surface area contributed by atoms with Gasteiger partial charge in [0.25, 0.3) is 0 Å². The summed E-state index contributed by atoms with van der Waals surface area (Å²) in [5, 5.41) is 0.770. The van der Waals surface area contributed by atoms with E-state index in [1.807, 2.05) is 0 Å². The molecule has 2 rings (SSSR count). The van der Waals surface area contributed by atoms with Crippen LogP contribution in [0.5, 0.6) is 0 Å². The Kier molecular flexibility index (Phi) is 9.75. The zero-order valence-corrected chi connectivity index (χ0v) is 18.0. The number of allylic oxidation sites excluding steroid dienone is 2. The Hall–Kier alpha value is -1.11. The van der Waals surface area contributed by atoms with E-state index in [1.165, 1.54) is 37.8 Å². The summed E-state index contributed by atoms with van der Waals surface area (Å²) in [5.41, 5.74) is -0.553.